The fourth-order valence-electron chi connectivity index (χ4n) is 10.8. The summed E-state index contributed by atoms with van der Waals surface area (Å²) in [5, 5.41) is 2.60. The molecule has 11 aromatic rings. The molecule has 0 amide bonds. The lowest BCUT2D eigenvalue weighted by Crippen LogP contribution is -2.36. The van der Waals surface area contributed by atoms with E-state index in [1.165, 1.54) is 87.2 Å². The van der Waals surface area contributed by atoms with Crippen LogP contribution in [0.2, 0.25) is 0 Å². The van der Waals surface area contributed by atoms with Crippen molar-refractivity contribution in [1.29, 1.82) is 0 Å². The van der Waals surface area contributed by atoms with E-state index in [0.717, 1.165) is 22.7 Å². The summed E-state index contributed by atoms with van der Waals surface area (Å²) in [6, 6.07) is 89.5. The molecule has 0 saturated heterocycles. The molecule has 1 spiro atoms. The number of hydrogen-bond donors (Lipinski definition) is 0. The van der Waals surface area contributed by atoms with Crippen LogP contribution in [0.3, 0.4) is 0 Å². The second-order valence-electron chi connectivity index (χ2n) is 16.8. The Balaban J connectivity index is 1.05. The molecule has 0 atom stereocenters. The van der Waals surface area contributed by atoms with Crippen LogP contribution in [-0.4, -0.2) is 0 Å². The molecule has 13 rings (SSSR count). The zero-order chi connectivity index (χ0) is 42.2. The molecule has 1 aliphatic carbocycles. The van der Waals surface area contributed by atoms with Gasteiger partial charge in [0.25, 0.3) is 0 Å². The summed E-state index contributed by atoms with van der Waals surface area (Å²) in [7, 11) is 0. The Labute approximate surface area is 377 Å². The Kier molecular flexibility index (Phi) is 8.34. The normalized spacial score (nSPS) is 13.1. The van der Waals surface area contributed by atoms with Gasteiger partial charge in [-0.2, -0.15) is 0 Å². The van der Waals surface area contributed by atoms with Crippen molar-refractivity contribution in [2.24, 2.45) is 0 Å². The topological polar surface area (TPSA) is 6.48 Å². The van der Waals surface area contributed by atoms with E-state index in [1.54, 1.807) is 0 Å². The van der Waals surface area contributed by atoms with Crippen LogP contribution in [0.25, 0.3) is 53.6 Å². The summed E-state index contributed by atoms with van der Waals surface area (Å²) in [5.74, 6) is 0. The highest BCUT2D eigenvalue weighted by Crippen LogP contribution is 2.64. The maximum Gasteiger partial charge on any atom is 0.0754 e. The van der Waals surface area contributed by atoms with Gasteiger partial charge in [-0.25, -0.2) is 0 Å². The van der Waals surface area contributed by atoms with E-state index < -0.39 is 5.41 Å². The van der Waals surface area contributed by atoms with Crippen molar-refractivity contribution < 1.29 is 0 Å². The third-order valence-corrected chi connectivity index (χ3v) is 14.7. The summed E-state index contributed by atoms with van der Waals surface area (Å²) in [5.41, 5.74) is 18.9. The van der Waals surface area contributed by atoms with Crippen LogP contribution in [-0.2, 0) is 5.41 Å². The van der Waals surface area contributed by atoms with Crippen molar-refractivity contribution in [2.75, 3.05) is 9.80 Å². The fourth-order valence-corrected chi connectivity index (χ4v) is 12.0. The molecule has 0 bridgehead atoms. The van der Waals surface area contributed by atoms with Crippen molar-refractivity contribution in [3.8, 4) is 33.4 Å². The smallest absolute Gasteiger partial charge is 0.0754 e. The molecule has 64 heavy (non-hydrogen) atoms. The van der Waals surface area contributed by atoms with E-state index in [-0.39, 0.29) is 0 Å². The summed E-state index contributed by atoms with van der Waals surface area (Å²) in [6.45, 7) is 0. The predicted octanol–water partition coefficient (Wildman–Crippen LogP) is 17.0. The van der Waals surface area contributed by atoms with Crippen LogP contribution in [0.5, 0.6) is 0 Å². The number of nitrogens with zero attached hydrogens (tertiary/aromatic N) is 2. The molecule has 3 heteroatoms. The molecule has 300 valence electrons. The van der Waals surface area contributed by atoms with Crippen molar-refractivity contribution in [1.82, 2.24) is 0 Å². The third kappa shape index (κ3) is 5.38. The number of thiophene rings is 1. The van der Waals surface area contributed by atoms with Crippen LogP contribution in [0.4, 0.5) is 34.1 Å². The van der Waals surface area contributed by atoms with Gasteiger partial charge in [0.1, 0.15) is 0 Å². The number of para-hydroxylation sites is 4. The molecular formula is C61H40N2S. The lowest BCUT2D eigenvalue weighted by molar-refractivity contribution is 0.752. The van der Waals surface area contributed by atoms with E-state index in [2.05, 4.69) is 252 Å². The largest absolute Gasteiger partial charge is 0.310 e. The Morgan fingerprint density at radius 3 is 1.67 bits per heavy atom. The van der Waals surface area contributed by atoms with E-state index in [0.29, 0.717) is 0 Å². The minimum Gasteiger partial charge on any atom is -0.310 e. The standard InChI is InChI=1S/C61H40N2S/c1-3-18-41(19-4-1)42-34-36-44(37-35-42)62(56-30-13-8-23-47(56)49-25-17-26-50-48-24-9-16-33-59(48)64-60(49)50)45-38-39-53-51(40-45)46-22-7-10-27-52(46)61(53)54-28-11-14-31-57(54)63(43-20-5-2-6-21-43)58-32-15-12-29-55(58)61/h1-40H. The average molecular weight is 833 g/mol. The monoisotopic (exact) mass is 832 g/mol. The van der Waals surface area contributed by atoms with E-state index >= 15 is 0 Å². The van der Waals surface area contributed by atoms with Gasteiger partial charge in [-0.3, -0.25) is 0 Å². The summed E-state index contributed by atoms with van der Waals surface area (Å²) in [6.07, 6.45) is 0. The highest BCUT2D eigenvalue weighted by molar-refractivity contribution is 7.26. The van der Waals surface area contributed by atoms with Gasteiger partial charge in [-0.1, -0.05) is 182 Å². The number of anilines is 6. The van der Waals surface area contributed by atoms with Gasteiger partial charge in [0, 0.05) is 48.4 Å². The van der Waals surface area contributed by atoms with Gasteiger partial charge >= 0.3 is 0 Å². The molecule has 2 heterocycles. The predicted molar refractivity (Wildman–Crippen MR) is 270 cm³/mol. The Morgan fingerprint density at radius 1 is 0.359 bits per heavy atom. The third-order valence-electron chi connectivity index (χ3n) is 13.5. The Hall–Kier alpha value is -7.98. The van der Waals surface area contributed by atoms with Crippen LogP contribution in [0, 0.1) is 0 Å². The molecule has 0 unspecified atom stereocenters. The second kappa shape index (κ2) is 14.6. The molecule has 0 fully saturated rings. The number of fused-ring (bicyclic) bond motifs is 12. The first kappa shape index (κ1) is 36.7. The lowest BCUT2D eigenvalue weighted by atomic mass is 9.64. The molecule has 10 aromatic carbocycles. The Morgan fingerprint density at radius 2 is 0.906 bits per heavy atom. The van der Waals surface area contributed by atoms with E-state index in [1.807, 2.05) is 11.3 Å². The molecule has 2 aliphatic rings. The first-order valence-corrected chi connectivity index (χ1v) is 22.8. The molecule has 1 aromatic heterocycles. The van der Waals surface area contributed by atoms with Crippen molar-refractivity contribution in [2.45, 2.75) is 5.41 Å². The van der Waals surface area contributed by atoms with Crippen LogP contribution >= 0.6 is 11.3 Å². The zero-order valence-electron chi connectivity index (χ0n) is 34.9. The van der Waals surface area contributed by atoms with Gasteiger partial charge in [-0.15, -0.1) is 11.3 Å². The van der Waals surface area contributed by atoms with Gasteiger partial charge in [-0.05, 0) is 105 Å². The minimum absolute atomic E-state index is 0.528. The maximum absolute atomic E-state index is 2.48. The molecule has 1 aliphatic heterocycles. The number of benzene rings is 10. The molecule has 0 saturated carbocycles. The van der Waals surface area contributed by atoms with E-state index in [9.17, 15) is 0 Å². The van der Waals surface area contributed by atoms with Crippen molar-refractivity contribution >= 4 is 65.6 Å². The zero-order valence-corrected chi connectivity index (χ0v) is 35.7. The highest BCUT2D eigenvalue weighted by atomic mass is 32.1. The molecule has 0 radical (unpaired) electrons. The number of rotatable bonds is 6. The molecular weight excluding hydrogens is 793 g/mol. The van der Waals surface area contributed by atoms with Crippen LogP contribution in [0.15, 0.2) is 243 Å². The van der Waals surface area contributed by atoms with Gasteiger partial charge in [0.2, 0.25) is 0 Å². The highest BCUT2D eigenvalue weighted by Gasteiger charge is 2.51. The van der Waals surface area contributed by atoms with E-state index in [4.69, 9.17) is 0 Å². The van der Waals surface area contributed by atoms with Crippen molar-refractivity contribution in [3.05, 3.63) is 265 Å². The Bertz CT molecular complexity index is 3520. The van der Waals surface area contributed by atoms with Crippen LogP contribution < -0.4 is 9.80 Å². The average Bonchev–Trinajstić information content (AvgIpc) is 3.89. The maximum atomic E-state index is 2.48. The summed E-state index contributed by atoms with van der Waals surface area (Å²) >= 11 is 1.88. The first-order valence-electron chi connectivity index (χ1n) is 22.0. The van der Waals surface area contributed by atoms with Gasteiger partial charge in [0.15, 0.2) is 0 Å². The molecule has 2 nitrogen and oxygen atoms in total. The molecule has 0 N–H and O–H groups in total. The lowest BCUT2D eigenvalue weighted by Gasteiger charge is -2.45. The SMILES string of the molecule is c1ccc(-c2ccc(N(c3ccc4c(c3)-c3ccccc3C43c4ccccc4N(c4ccccc4)c4ccccc43)c3ccccc3-c3cccc4c3sc3ccccc34)cc2)cc1. The fraction of sp³-hybridized carbons (Fsp3) is 0.0164. The second-order valence-corrected chi connectivity index (χ2v) is 17.8. The quantitative estimate of drug-likeness (QED) is 0.165. The van der Waals surface area contributed by atoms with Crippen molar-refractivity contribution in [3.63, 3.8) is 0 Å². The minimum atomic E-state index is -0.528. The summed E-state index contributed by atoms with van der Waals surface area (Å²) in [4.78, 5) is 4.92. The summed E-state index contributed by atoms with van der Waals surface area (Å²) < 4.78 is 2.61. The number of hydrogen-bond acceptors (Lipinski definition) is 3. The van der Waals surface area contributed by atoms with Gasteiger partial charge < -0.3 is 9.80 Å². The van der Waals surface area contributed by atoms with Crippen LogP contribution in [0.1, 0.15) is 22.3 Å². The van der Waals surface area contributed by atoms with Gasteiger partial charge in [0.05, 0.1) is 22.5 Å². The first-order chi connectivity index (χ1) is 31.8.